The summed E-state index contributed by atoms with van der Waals surface area (Å²) in [4.78, 5) is 27.4. The molecule has 1 aliphatic heterocycles. The summed E-state index contributed by atoms with van der Waals surface area (Å²) in [7, 11) is 0. The molecule has 2 unspecified atom stereocenters. The lowest BCUT2D eigenvalue weighted by Gasteiger charge is -2.34. The van der Waals surface area contributed by atoms with Crippen LogP contribution in [0.5, 0.6) is 0 Å². The topological polar surface area (TPSA) is 75.4 Å². The van der Waals surface area contributed by atoms with Gasteiger partial charge in [-0.25, -0.2) is 0 Å². The summed E-state index contributed by atoms with van der Waals surface area (Å²) >= 11 is 0. The first kappa shape index (κ1) is 20.9. The summed E-state index contributed by atoms with van der Waals surface area (Å²) in [5, 5.41) is 2.94. The van der Waals surface area contributed by atoms with Crippen molar-refractivity contribution in [3.05, 3.63) is 71.8 Å². The number of nitrogens with two attached hydrogens (primary N) is 1. The molecular weight excluding hydrogens is 362 g/mol. The molecule has 3 rings (SSSR count). The first-order chi connectivity index (χ1) is 12.5. The zero-order chi connectivity index (χ0) is 18.6. The summed E-state index contributed by atoms with van der Waals surface area (Å²) in [5.74, 6) is -0.251. The minimum Gasteiger partial charge on any atom is -0.352 e. The molecule has 0 bridgehead atoms. The lowest BCUT2D eigenvalue weighted by atomic mass is 9.96. The van der Waals surface area contributed by atoms with Crippen molar-refractivity contribution >= 4 is 24.2 Å². The summed E-state index contributed by atoms with van der Waals surface area (Å²) in [6.07, 6.45) is 1.46. The Morgan fingerprint density at radius 3 is 2.33 bits per heavy atom. The second-order valence-corrected chi connectivity index (χ2v) is 6.93. The largest absolute Gasteiger partial charge is 0.352 e. The van der Waals surface area contributed by atoms with E-state index in [1.165, 1.54) is 0 Å². The van der Waals surface area contributed by atoms with Crippen LogP contribution in [0, 0.1) is 0 Å². The fraction of sp³-hybridized carbons (Fsp3) is 0.333. The van der Waals surface area contributed by atoms with Crippen LogP contribution in [0.1, 0.15) is 41.7 Å². The molecule has 1 aliphatic rings. The number of rotatable bonds is 5. The lowest BCUT2D eigenvalue weighted by Crippen LogP contribution is -2.56. The SMILES string of the molecule is CC1(C(=O)NCC(N)c2ccccc2)CCCN1C(=O)c1ccccc1.Cl. The predicted molar refractivity (Wildman–Crippen MR) is 109 cm³/mol. The summed E-state index contributed by atoms with van der Waals surface area (Å²) in [6, 6.07) is 18.5. The van der Waals surface area contributed by atoms with Gasteiger partial charge in [-0.1, -0.05) is 48.5 Å². The molecule has 3 N–H and O–H groups in total. The number of likely N-dealkylation sites (tertiary alicyclic amines) is 1. The number of hydrogen-bond acceptors (Lipinski definition) is 3. The van der Waals surface area contributed by atoms with Gasteiger partial charge in [0.05, 0.1) is 0 Å². The van der Waals surface area contributed by atoms with Crippen LogP contribution in [0.25, 0.3) is 0 Å². The zero-order valence-corrected chi connectivity index (χ0v) is 16.2. The van der Waals surface area contributed by atoms with E-state index in [0.717, 1.165) is 12.0 Å². The lowest BCUT2D eigenvalue weighted by molar-refractivity contribution is -0.129. The fourth-order valence-corrected chi connectivity index (χ4v) is 3.47. The van der Waals surface area contributed by atoms with Crippen LogP contribution in [0.2, 0.25) is 0 Å². The van der Waals surface area contributed by atoms with E-state index in [2.05, 4.69) is 5.32 Å². The smallest absolute Gasteiger partial charge is 0.254 e. The highest BCUT2D eigenvalue weighted by Crippen LogP contribution is 2.31. The van der Waals surface area contributed by atoms with Gasteiger partial charge in [0.2, 0.25) is 5.91 Å². The Morgan fingerprint density at radius 1 is 1.11 bits per heavy atom. The molecule has 0 spiro atoms. The van der Waals surface area contributed by atoms with Crippen LogP contribution in [0.3, 0.4) is 0 Å². The Bertz CT molecular complexity index is 770. The number of carbonyl (C=O) groups is 2. The van der Waals surface area contributed by atoms with Crippen molar-refractivity contribution in [3.63, 3.8) is 0 Å². The molecule has 0 saturated carbocycles. The molecule has 1 heterocycles. The maximum absolute atomic E-state index is 12.9. The molecule has 6 heteroatoms. The van der Waals surface area contributed by atoms with E-state index in [9.17, 15) is 9.59 Å². The molecule has 1 fully saturated rings. The highest BCUT2D eigenvalue weighted by Gasteiger charge is 2.45. The molecule has 0 aliphatic carbocycles. The summed E-state index contributed by atoms with van der Waals surface area (Å²) in [6.45, 7) is 2.76. The van der Waals surface area contributed by atoms with Gasteiger partial charge in [-0.05, 0) is 37.5 Å². The minimum absolute atomic E-state index is 0. The number of amides is 2. The van der Waals surface area contributed by atoms with E-state index in [0.29, 0.717) is 25.1 Å². The first-order valence-electron chi connectivity index (χ1n) is 8.98. The number of nitrogens with zero attached hydrogens (tertiary/aromatic N) is 1. The molecule has 2 aromatic carbocycles. The summed E-state index contributed by atoms with van der Waals surface area (Å²) < 4.78 is 0. The van der Waals surface area contributed by atoms with Crippen LogP contribution in [0.4, 0.5) is 0 Å². The van der Waals surface area contributed by atoms with Crippen LogP contribution in [-0.4, -0.2) is 35.3 Å². The van der Waals surface area contributed by atoms with E-state index >= 15 is 0 Å². The first-order valence-corrected chi connectivity index (χ1v) is 8.98. The van der Waals surface area contributed by atoms with Crippen molar-refractivity contribution in [2.75, 3.05) is 13.1 Å². The molecule has 27 heavy (non-hydrogen) atoms. The number of nitrogens with one attached hydrogen (secondary N) is 1. The Morgan fingerprint density at radius 2 is 1.70 bits per heavy atom. The third-order valence-corrected chi connectivity index (χ3v) is 5.11. The molecule has 2 aromatic rings. The Hall–Kier alpha value is -2.37. The van der Waals surface area contributed by atoms with E-state index in [-0.39, 0.29) is 30.3 Å². The number of hydrogen-bond donors (Lipinski definition) is 2. The van der Waals surface area contributed by atoms with Gasteiger partial charge in [0, 0.05) is 24.7 Å². The Balaban J connectivity index is 0.00000261. The number of benzene rings is 2. The molecular formula is C21H26ClN3O2. The minimum atomic E-state index is -0.844. The highest BCUT2D eigenvalue weighted by atomic mass is 35.5. The van der Waals surface area contributed by atoms with E-state index in [4.69, 9.17) is 5.73 Å². The maximum atomic E-state index is 12.9. The van der Waals surface area contributed by atoms with Crippen LogP contribution in [0.15, 0.2) is 60.7 Å². The van der Waals surface area contributed by atoms with Gasteiger partial charge in [0.25, 0.3) is 5.91 Å². The van der Waals surface area contributed by atoms with E-state index in [1.807, 2.05) is 55.5 Å². The quantitative estimate of drug-likeness (QED) is 0.828. The van der Waals surface area contributed by atoms with Gasteiger partial charge in [-0.2, -0.15) is 0 Å². The average Bonchev–Trinajstić information content (AvgIpc) is 3.09. The Kier molecular flexibility index (Phi) is 6.99. The molecule has 0 radical (unpaired) electrons. The average molecular weight is 388 g/mol. The van der Waals surface area contributed by atoms with Crippen LogP contribution >= 0.6 is 12.4 Å². The van der Waals surface area contributed by atoms with Crippen molar-refractivity contribution < 1.29 is 9.59 Å². The normalized spacial score (nSPS) is 19.9. The van der Waals surface area contributed by atoms with Gasteiger partial charge >= 0.3 is 0 Å². The molecule has 144 valence electrons. The molecule has 2 atom stereocenters. The third-order valence-electron chi connectivity index (χ3n) is 5.11. The standard InChI is InChI=1S/C21H25N3O2.ClH/c1-21(20(26)23-15-18(22)16-9-4-2-5-10-16)13-8-14-24(21)19(25)17-11-6-3-7-12-17;/h2-7,9-12,18H,8,13-15,22H2,1H3,(H,23,26);1H. The van der Waals surface area contributed by atoms with E-state index < -0.39 is 5.54 Å². The van der Waals surface area contributed by atoms with Crippen LogP contribution < -0.4 is 11.1 Å². The second-order valence-electron chi connectivity index (χ2n) is 6.93. The van der Waals surface area contributed by atoms with E-state index in [1.54, 1.807) is 17.0 Å². The van der Waals surface area contributed by atoms with Crippen molar-refractivity contribution in [1.82, 2.24) is 10.2 Å². The van der Waals surface area contributed by atoms with Gasteiger partial charge in [0.15, 0.2) is 0 Å². The molecule has 5 nitrogen and oxygen atoms in total. The van der Waals surface area contributed by atoms with Crippen molar-refractivity contribution in [3.8, 4) is 0 Å². The van der Waals surface area contributed by atoms with Crippen LogP contribution in [-0.2, 0) is 4.79 Å². The van der Waals surface area contributed by atoms with Gasteiger partial charge < -0.3 is 16.0 Å². The van der Waals surface area contributed by atoms with Crippen molar-refractivity contribution in [2.45, 2.75) is 31.3 Å². The summed E-state index contributed by atoms with van der Waals surface area (Å²) in [5.41, 5.74) is 6.91. The maximum Gasteiger partial charge on any atom is 0.254 e. The van der Waals surface area contributed by atoms with Gasteiger partial charge in [-0.15, -0.1) is 12.4 Å². The fourth-order valence-electron chi connectivity index (χ4n) is 3.47. The van der Waals surface area contributed by atoms with Crippen molar-refractivity contribution in [2.24, 2.45) is 5.73 Å². The second kappa shape index (κ2) is 9.02. The van der Waals surface area contributed by atoms with Crippen molar-refractivity contribution in [1.29, 1.82) is 0 Å². The van der Waals surface area contributed by atoms with Gasteiger partial charge in [-0.3, -0.25) is 9.59 Å². The monoisotopic (exact) mass is 387 g/mol. The molecule has 0 aromatic heterocycles. The number of halogens is 1. The molecule has 1 saturated heterocycles. The zero-order valence-electron chi connectivity index (χ0n) is 15.4. The predicted octanol–water partition coefficient (Wildman–Crippen LogP) is 2.92. The Labute approximate surface area is 166 Å². The number of carbonyl (C=O) groups excluding carboxylic acids is 2. The highest BCUT2D eigenvalue weighted by molar-refractivity contribution is 5.99. The molecule has 2 amide bonds. The van der Waals surface area contributed by atoms with Gasteiger partial charge in [0.1, 0.15) is 5.54 Å². The third kappa shape index (κ3) is 4.49.